The number of hydrogen-bond acceptors (Lipinski definition) is 2. The first-order valence-electron chi connectivity index (χ1n) is 6.33. The van der Waals surface area contributed by atoms with E-state index in [9.17, 15) is 4.79 Å². The molecule has 3 rings (SSSR count). The minimum absolute atomic E-state index is 0.226. The number of aryl methyl sites for hydroxylation is 1. The zero-order valence-corrected chi connectivity index (χ0v) is 10.7. The Hall–Kier alpha value is -1.90. The van der Waals surface area contributed by atoms with Gasteiger partial charge in [0, 0.05) is 6.42 Å². The van der Waals surface area contributed by atoms with Gasteiger partial charge in [-0.05, 0) is 30.9 Å². The van der Waals surface area contributed by atoms with Gasteiger partial charge in [-0.1, -0.05) is 25.1 Å². The van der Waals surface area contributed by atoms with E-state index in [0.717, 1.165) is 23.4 Å². The number of benzene rings is 1. The summed E-state index contributed by atoms with van der Waals surface area (Å²) in [5.74, 6) is 0.632. The van der Waals surface area contributed by atoms with Crippen LogP contribution in [0.3, 0.4) is 0 Å². The first-order valence-corrected chi connectivity index (χ1v) is 6.33. The molecule has 3 nitrogen and oxygen atoms in total. The molecule has 1 aliphatic rings. The highest BCUT2D eigenvalue weighted by atomic mass is 16.1. The molecule has 0 fully saturated rings. The highest BCUT2D eigenvalue weighted by molar-refractivity contribution is 5.98. The van der Waals surface area contributed by atoms with E-state index in [2.05, 4.69) is 25.0 Å². The minimum Gasteiger partial charge on any atom is -0.294 e. The molecule has 0 N–H and O–H groups in total. The zero-order chi connectivity index (χ0) is 12.7. The third-order valence-corrected chi connectivity index (χ3v) is 3.59. The van der Waals surface area contributed by atoms with Gasteiger partial charge in [0.1, 0.15) is 0 Å². The number of aromatic nitrogens is 2. The number of hydrogen-bond donors (Lipinski definition) is 0. The summed E-state index contributed by atoms with van der Waals surface area (Å²) >= 11 is 0. The van der Waals surface area contributed by atoms with Crippen molar-refractivity contribution in [3.63, 3.8) is 0 Å². The molecule has 1 aromatic carbocycles. The molecule has 1 heterocycles. The summed E-state index contributed by atoms with van der Waals surface area (Å²) < 4.78 is 1.93. The van der Waals surface area contributed by atoms with Gasteiger partial charge in [0.2, 0.25) is 0 Å². The first kappa shape index (κ1) is 11.2. The van der Waals surface area contributed by atoms with Gasteiger partial charge in [0.15, 0.2) is 5.78 Å². The summed E-state index contributed by atoms with van der Waals surface area (Å²) in [5.41, 5.74) is 4.11. The SMILES string of the molecule is Cc1ccccc1-n1ncc2c1C[C@H](C)CC2=O. The van der Waals surface area contributed by atoms with Crippen molar-refractivity contribution in [1.29, 1.82) is 0 Å². The van der Waals surface area contributed by atoms with Crippen molar-refractivity contribution in [1.82, 2.24) is 9.78 Å². The molecule has 0 aliphatic heterocycles. The third kappa shape index (κ3) is 1.67. The van der Waals surface area contributed by atoms with Crippen LogP contribution in [-0.4, -0.2) is 15.6 Å². The Morgan fingerprint density at radius 2 is 2.06 bits per heavy atom. The van der Waals surface area contributed by atoms with Crippen LogP contribution < -0.4 is 0 Å². The van der Waals surface area contributed by atoms with E-state index in [1.54, 1.807) is 6.20 Å². The van der Waals surface area contributed by atoms with E-state index in [4.69, 9.17) is 0 Å². The second kappa shape index (κ2) is 4.09. The lowest BCUT2D eigenvalue weighted by molar-refractivity contribution is 0.0952. The number of Topliss-reactive ketones (excluding diaryl/α,β-unsaturated/α-hetero) is 1. The summed E-state index contributed by atoms with van der Waals surface area (Å²) in [6.07, 6.45) is 3.29. The number of ketones is 1. The van der Waals surface area contributed by atoms with Crippen LogP contribution in [0, 0.1) is 12.8 Å². The van der Waals surface area contributed by atoms with Crippen LogP contribution in [0.1, 0.15) is 35.0 Å². The van der Waals surface area contributed by atoms with Gasteiger partial charge in [-0.25, -0.2) is 4.68 Å². The van der Waals surface area contributed by atoms with Gasteiger partial charge in [-0.15, -0.1) is 0 Å². The van der Waals surface area contributed by atoms with Crippen LogP contribution in [0.4, 0.5) is 0 Å². The van der Waals surface area contributed by atoms with Crippen molar-refractivity contribution in [2.75, 3.05) is 0 Å². The van der Waals surface area contributed by atoms with E-state index >= 15 is 0 Å². The predicted octanol–water partition coefficient (Wildman–Crippen LogP) is 2.95. The molecule has 0 bridgehead atoms. The monoisotopic (exact) mass is 240 g/mol. The molecular weight excluding hydrogens is 224 g/mol. The van der Waals surface area contributed by atoms with Crippen LogP contribution >= 0.6 is 0 Å². The summed E-state index contributed by atoms with van der Waals surface area (Å²) in [6.45, 7) is 4.19. The molecule has 1 aromatic heterocycles. The molecule has 1 atom stereocenters. The van der Waals surface area contributed by atoms with Crippen LogP contribution in [0.2, 0.25) is 0 Å². The number of fused-ring (bicyclic) bond motifs is 1. The number of carbonyl (C=O) groups is 1. The van der Waals surface area contributed by atoms with E-state index in [-0.39, 0.29) is 5.78 Å². The van der Waals surface area contributed by atoms with Crippen LogP contribution in [-0.2, 0) is 6.42 Å². The first-order chi connectivity index (χ1) is 8.66. The van der Waals surface area contributed by atoms with Gasteiger partial charge in [0.25, 0.3) is 0 Å². The summed E-state index contributed by atoms with van der Waals surface area (Å²) in [5, 5.41) is 4.41. The second-order valence-corrected chi connectivity index (χ2v) is 5.14. The second-order valence-electron chi connectivity index (χ2n) is 5.14. The molecule has 1 aliphatic carbocycles. The quantitative estimate of drug-likeness (QED) is 0.768. The number of rotatable bonds is 1. The number of carbonyl (C=O) groups excluding carboxylic acids is 1. The zero-order valence-electron chi connectivity index (χ0n) is 10.7. The molecule has 2 aromatic rings. The van der Waals surface area contributed by atoms with Crippen LogP contribution in [0.25, 0.3) is 5.69 Å². The van der Waals surface area contributed by atoms with Gasteiger partial charge >= 0.3 is 0 Å². The molecule has 18 heavy (non-hydrogen) atoms. The Kier molecular flexibility index (Phi) is 2.54. The summed E-state index contributed by atoms with van der Waals surface area (Å²) in [7, 11) is 0. The van der Waals surface area contributed by atoms with Gasteiger partial charge in [0.05, 0.1) is 23.1 Å². The van der Waals surface area contributed by atoms with Crippen molar-refractivity contribution < 1.29 is 4.79 Å². The topological polar surface area (TPSA) is 34.9 Å². The molecular formula is C15H16N2O. The predicted molar refractivity (Wildman–Crippen MR) is 70.1 cm³/mol. The molecule has 0 spiro atoms. The fourth-order valence-corrected chi connectivity index (χ4v) is 2.64. The lowest BCUT2D eigenvalue weighted by Crippen LogP contribution is -2.19. The molecule has 0 saturated heterocycles. The molecule has 0 saturated carbocycles. The van der Waals surface area contributed by atoms with Gasteiger partial charge in [-0.3, -0.25) is 4.79 Å². The average molecular weight is 240 g/mol. The normalized spacial score (nSPS) is 18.8. The van der Waals surface area contributed by atoms with Crippen molar-refractivity contribution in [3.05, 3.63) is 47.3 Å². The standard InChI is InChI=1S/C15H16N2O/c1-10-7-14-12(15(18)8-10)9-16-17(14)13-6-4-3-5-11(13)2/h3-6,9-10H,7-8H2,1-2H3/t10-/m0/s1. The summed E-state index contributed by atoms with van der Waals surface area (Å²) in [4.78, 5) is 12.0. The Bertz CT molecular complexity index is 613. The van der Waals surface area contributed by atoms with Gasteiger partial charge < -0.3 is 0 Å². The Morgan fingerprint density at radius 1 is 1.28 bits per heavy atom. The van der Waals surface area contributed by atoms with Crippen molar-refractivity contribution in [2.24, 2.45) is 5.92 Å². The average Bonchev–Trinajstić information content (AvgIpc) is 2.73. The lowest BCUT2D eigenvalue weighted by atomic mass is 9.88. The summed E-state index contributed by atoms with van der Waals surface area (Å²) in [6, 6.07) is 8.14. The van der Waals surface area contributed by atoms with Crippen LogP contribution in [0.15, 0.2) is 30.5 Å². The lowest BCUT2D eigenvalue weighted by Gasteiger charge is -2.19. The van der Waals surface area contributed by atoms with E-state index in [0.29, 0.717) is 12.3 Å². The number of para-hydroxylation sites is 1. The minimum atomic E-state index is 0.226. The fraction of sp³-hybridized carbons (Fsp3) is 0.333. The molecule has 0 unspecified atom stereocenters. The molecule has 0 radical (unpaired) electrons. The Balaban J connectivity index is 2.16. The van der Waals surface area contributed by atoms with E-state index in [1.165, 1.54) is 5.56 Å². The largest absolute Gasteiger partial charge is 0.294 e. The maximum absolute atomic E-state index is 12.0. The fourth-order valence-electron chi connectivity index (χ4n) is 2.64. The molecule has 3 heteroatoms. The molecule has 92 valence electrons. The van der Waals surface area contributed by atoms with Crippen LogP contribution in [0.5, 0.6) is 0 Å². The maximum Gasteiger partial charge on any atom is 0.166 e. The van der Waals surface area contributed by atoms with E-state index in [1.807, 2.05) is 22.9 Å². The van der Waals surface area contributed by atoms with E-state index < -0.39 is 0 Å². The smallest absolute Gasteiger partial charge is 0.166 e. The highest BCUT2D eigenvalue weighted by Gasteiger charge is 2.26. The maximum atomic E-state index is 12.0. The van der Waals surface area contributed by atoms with Crippen molar-refractivity contribution >= 4 is 5.78 Å². The van der Waals surface area contributed by atoms with Crippen molar-refractivity contribution in [2.45, 2.75) is 26.7 Å². The highest BCUT2D eigenvalue weighted by Crippen LogP contribution is 2.27. The van der Waals surface area contributed by atoms with Crippen molar-refractivity contribution in [3.8, 4) is 5.69 Å². The third-order valence-electron chi connectivity index (χ3n) is 3.59. The number of nitrogens with zero attached hydrogens (tertiary/aromatic N) is 2. The Labute approximate surface area is 106 Å². The Morgan fingerprint density at radius 3 is 2.83 bits per heavy atom. The molecule has 0 amide bonds. The van der Waals surface area contributed by atoms with Gasteiger partial charge in [-0.2, -0.15) is 5.10 Å².